The normalized spacial score (nSPS) is 11.8. The number of carbonyl (C=O) groups excluding carboxylic acids is 2. The molecule has 0 aliphatic rings. The van der Waals surface area contributed by atoms with E-state index in [1.807, 2.05) is 12.1 Å². The van der Waals surface area contributed by atoms with E-state index in [1.165, 1.54) is 0 Å². The molecule has 0 saturated heterocycles. The van der Waals surface area contributed by atoms with Crippen LogP contribution in [0, 0.1) is 0 Å². The minimum Gasteiger partial charge on any atom is -0.368 e. The second kappa shape index (κ2) is 7.95. The average Bonchev–Trinajstić information content (AvgIpc) is 2.45. The molecular formula is C16H13Br2ClN2O2. The van der Waals surface area contributed by atoms with Crippen molar-refractivity contribution in [1.82, 2.24) is 5.32 Å². The van der Waals surface area contributed by atoms with E-state index in [4.69, 9.17) is 17.3 Å². The summed E-state index contributed by atoms with van der Waals surface area (Å²) in [6.45, 7) is 0. The van der Waals surface area contributed by atoms with Crippen LogP contribution in [0.3, 0.4) is 0 Å². The van der Waals surface area contributed by atoms with Crippen LogP contribution in [-0.4, -0.2) is 17.9 Å². The molecule has 1 atom stereocenters. The smallest absolute Gasteiger partial charge is 0.252 e. The van der Waals surface area contributed by atoms with Crippen LogP contribution in [0.1, 0.15) is 15.9 Å². The first-order valence-electron chi connectivity index (χ1n) is 6.66. The summed E-state index contributed by atoms with van der Waals surface area (Å²) in [6.07, 6.45) is 0.275. The lowest BCUT2D eigenvalue weighted by Gasteiger charge is -2.16. The van der Waals surface area contributed by atoms with Crippen molar-refractivity contribution in [2.45, 2.75) is 12.5 Å². The highest BCUT2D eigenvalue weighted by Crippen LogP contribution is 2.20. The van der Waals surface area contributed by atoms with E-state index in [1.54, 1.807) is 30.3 Å². The molecule has 3 N–H and O–H groups in total. The molecule has 2 aromatic carbocycles. The second-order valence-corrected chi connectivity index (χ2v) is 7.19. The topological polar surface area (TPSA) is 72.2 Å². The maximum Gasteiger partial charge on any atom is 0.252 e. The summed E-state index contributed by atoms with van der Waals surface area (Å²) in [6, 6.07) is 11.4. The molecule has 0 aromatic heterocycles. The molecule has 0 fully saturated rings. The third-order valence-corrected chi connectivity index (χ3v) is 4.25. The number of hydrogen-bond acceptors (Lipinski definition) is 2. The van der Waals surface area contributed by atoms with Crippen molar-refractivity contribution >= 4 is 55.3 Å². The molecule has 4 nitrogen and oxygen atoms in total. The number of halogens is 3. The third-order valence-electron chi connectivity index (χ3n) is 3.10. The largest absolute Gasteiger partial charge is 0.368 e. The summed E-state index contributed by atoms with van der Waals surface area (Å²) >= 11 is 12.6. The maximum absolute atomic E-state index is 12.3. The zero-order valence-electron chi connectivity index (χ0n) is 11.9. The predicted molar refractivity (Wildman–Crippen MR) is 97.4 cm³/mol. The van der Waals surface area contributed by atoms with Gasteiger partial charge in [-0.3, -0.25) is 9.59 Å². The van der Waals surface area contributed by atoms with Crippen LogP contribution in [0.25, 0.3) is 0 Å². The summed E-state index contributed by atoms with van der Waals surface area (Å²) in [5.74, 6) is -0.981. The van der Waals surface area contributed by atoms with E-state index in [9.17, 15) is 9.59 Å². The lowest BCUT2D eigenvalue weighted by Crippen LogP contribution is -2.45. The molecular weight excluding hydrogens is 447 g/mol. The molecule has 0 spiro atoms. The van der Waals surface area contributed by atoms with Gasteiger partial charge in [0.1, 0.15) is 6.04 Å². The number of carbonyl (C=O) groups is 2. The molecule has 0 aliphatic carbocycles. The van der Waals surface area contributed by atoms with Gasteiger partial charge in [0.05, 0.1) is 0 Å². The summed E-state index contributed by atoms with van der Waals surface area (Å²) in [7, 11) is 0. The average molecular weight is 461 g/mol. The van der Waals surface area contributed by atoms with Crippen LogP contribution in [0.4, 0.5) is 0 Å². The molecule has 0 bridgehead atoms. The summed E-state index contributed by atoms with van der Waals surface area (Å²) in [4.78, 5) is 24.0. The van der Waals surface area contributed by atoms with E-state index < -0.39 is 11.9 Å². The number of hydrogen-bond donors (Lipinski definition) is 2. The maximum atomic E-state index is 12.3. The van der Waals surface area contributed by atoms with Crippen molar-refractivity contribution in [3.05, 3.63) is 67.6 Å². The van der Waals surface area contributed by atoms with Crippen molar-refractivity contribution in [1.29, 1.82) is 0 Å². The Bertz CT molecular complexity index is 732. The van der Waals surface area contributed by atoms with Gasteiger partial charge in [-0.15, -0.1) is 0 Å². The number of rotatable bonds is 5. The number of amides is 2. The molecule has 120 valence electrons. The van der Waals surface area contributed by atoms with Gasteiger partial charge in [0, 0.05) is 26.0 Å². The molecule has 0 heterocycles. The fraction of sp³-hybridized carbons (Fsp3) is 0.125. The molecule has 23 heavy (non-hydrogen) atoms. The Morgan fingerprint density at radius 2 is 1.78 bits per heavy atom. The predicted octanol–water partition coefficient (Wildman–Crippen LogP) is 3.69. The quantitative estimate of drug-likeness (QED) is 0.714. The fourth-order valence-corrected chi connectivity index (χ4v) is 3.56. The van der Waals surface area contributed by atoms with Crippen molar-refractivity contribution < 1.29 is 9.59 Å². The molecule has 0 unspecified atom stereocenters. The standard InChI is InChI=1S/C16H13Br2ClN2O2/c17-11-6-10(7-12(18)8-11)16(23)21-14(15(20)22)5-9-2-1-3-13(19)4-9/h1-4,6-8,14H,5H2,(H2,20,22)(H,21,23)/t14-/m0/s1. The fourth-order valence-electron chi connectivity index (χ4n) is 2.05. The van der Waals surface area contributed by atoms with Gasteiger partial charge >= 0.3 is 0 Å². The van der Waals surface area contributed by atoms with Crippen LogP contribution in [0.15, 0.2) is 51.4 Å². The number of benzene rings is 2. The lowest BCUT2D eigenvalue weighted by atomic mass is 10.0. The van der Waals surface area contributed by atoms with Gasteiger partial charge in [0.15, 0.2) is 0 Å². The van der Waals surface area contributed by atoms with E-state index in [0.717, 1.165) is 14.5 Å². The minimum absolute atomic E-state index is 0.275. The van der Waals surface area contributed by atoms with Gasteiger partial charge in [-0.05, 0) is 35.9 Å². The van der Waals surface area contributed by atoms with Crippen molar-refractivity contribution in [3.63, 3.8) is 0 Å². The number of primary amides is 1. The summed E-state index contributed by atoms with van der Waals surface area (Å²) in [5.41, 5.74) is 6.64. The lowest BCUT2D eigenvalue weighted by molar-refractivity contribution is -0.119. The molecule has 2 rings (SSSR count). The molecule has 7 heteroatoms. The SMILES string of the molecule is NC(=O)[C@H](Cc1cccc(Cl)c1)NC(=O)c1cc(Br)cc(Br)c1. The Labute approximate surface area is 155 Å². The highest BCUT2D eigenvalue weighted by atomic mass is 79.9. The van der Waals surface area contributed by atoms with E-state index in [2.05, 4.69) is 37.2 Å². The van der Waals surface area contributed by atoms with Crippen LogP contribution >= 0.6 is 43.5 Å². The molecule has 0 aliphatic heterocycles. The molecule has 2 aromatic rings. The number of nitrogens with two attached hydrogens (primary N) is 1. The zero-order chi connectivity index (χ0) is 17.0. The van der Waals surface area contributed by atoms with Gasteiger partial charge in [-0.2, -0.15) is 0 Å². The number of nitrogens with one attached hydrogen (secondary N) is 1. The molecule has 0 radical (unpaired) electrons. The monoisotopic (exact) mass is 458 g/mol. The zero-order valence-corrected chi connectivity index (χ0v) is 15.8. The van der Waals surface area contributed by atoms with Crippen molar-refractivity contribution in [3.8, 4) is 0 Å². The third kappa shape index (κ3) is 5.34. The Morgan fingerprint density at radius 1 is 1.13 bits per heavy atom. The Balaban J connectivity index is 2.15. The first-order chi connectivity index (χ1) is 10.8. The second-order valence-electron chi connectivity index (χ2n) is 4.92. The Morgan fingerprint density at radius 3 is 2.35 bits per heavy atom. The Kier molecular flexibility index (Phi) is 6.21. The van der Waals surface area contributed by atoms with E-state index in [-0.39, 0.29) is 12.3 Å². The van der Waals surface area contributed by atoms with Crippen LogP contribution in [0.2, 0.25) is 5.02 Å². The van der Waals surface area contributed by atoms with Crippen molar-refractivity contribution in [2.75, 3.05) is 0 Å². The van der Waals surface area contributed by atoms with Gasteiger partial charge < -0.3 is 11.1 Å². The summed E-state index contributed by atoms with van der Waals surface area (Å²) < 4.78 is 1.50. The van der Waals surface area contributed by atoms with E-state index >= 15 is 0 Å². The van der Waals surface area contributed by atoms with Crippen LogP contribution < -0.4 is 11.1 Å². The van der Waals surface area contributed by atoms with Crippen LogP contribution in [-0.2, 0) is 11.2 Å². The molecule has 2 amide bonds. The van der Waals surface area contributed by atoms with Gasteiger partial charge in [-0.1, -0.05) is 55.6 Å². The molecule has 0 saturated carbocycles. The highest BCUT2D eigenvalue weighted by molar-refractivity contribution is 9.11. The van der Waals surface area contributed by atoms with Crippen molar-refractivity contribution in [2.24, 2.45) is 5.73 Å². The van der Waals surface area contributed by atoms with Crippen LogP contribution in [0.5, 0.6) is 0 Å². The first kappa shape index (κ1) is 18.0. The van der Waals surface area contributed by atoms with Gasteiger partial charge in [0.2, 0.25) is 5.91 Å². The first-order valence-corrected chi connectivity index (χ1v) is 8.62. The van der Waals surface area contributed by atoms with Gasteiger partial charge in [-0.25, -0.2) is 0 Å². The highest BCUT2D eigenvalue weighted by Gasteiger charge is 2.20. The minimum atomic E-state index is -0.821. The van der Waals surface area contributed by atoms with Gasteiger partial charge in [0.25, 0.3) is 5.91 Å². The van der Waals surface area contributed by atoms with E-state index in [0.29, 0.717) is 10.6 Å². The Hall–Kier alpha value is -1.37. The summed E-state index contributed by atoms with van der Waals surface area (Å²) in [5, 5.41) is 3.22.